The molecule has 0 saturated carbocycles. The van der Waals surface area contributed by atoms with Crippen LogP contribution in [0.3, 0.4) is 0 Å². The zero-order valence-corrected chi connectivity index (χ0v) is 32.9. The molecule has 0 amide bonds. The summed E-state index contributed by atoms with van der Waals surface area (Å²) in [4.78, 5) is 28.1. The lowest BCUT2D eigenvalue weighted by molar-refractivity contribution is -0.159. The summed E-state index contributed by atoms with van der Waals surface area (Å²) in [6.45, 7) is 6.99. The van der Waals surface area contributed by atoms with Gasteiger partial charge in [0.05, 0.1) is 0 Å². The quantitative estimate of drug-likeness (QED) is 0.0536. The van der Waals surface area contributed by atoms with Crippen LogP contribution in [0, 0.1) is 0 Å². The molecular formula is C46H75NO4. The molecule has 2 aromatic rings. The predicted octanol–water partition coefficient (Wildman–Crippen LogP) is 12.9. The Morgan fingerprint density at radius 1 is 0.510 bits per heavy atom. The Morgan fingerprint density at radius 3 is 1.29 bits per heavy atom. The summed E-state index contributed by atoms with van der Waals surface area (Å²) in [6.07, 6.45) is 28.5. The van der Waals surface area contributed by atoms with Crippen LogP contribution in [0.5, 0.6) is 0 Å². The SMILES string of the molecule is CCCCCCCCCCCCCC(=O)OCC(CCN(Cc1ccccc1)Cc1ccccc1)OC(=O)CCCCCCCCCCCCC. The molecule has 0 aliphatic rings. The first kappa shape index (κ1) is 44.5. The Bertz CT molecular complexity index is 1030. The lowest BCUT2D eigenvalue weighted by atomic mass is 10.1. The molecule has 0 aliphatic heterocycles. The van der Waals surface area contributed by atoms with E-state index in [-0.39, 0.29) is 18.5 Å². The minimum Gasteiger partial charge on any atom is -0.462 e. The highest BCUT2D eigenvalue weighted by molar-refractivity contribution is 5.70. The third-order valence-electron chi connectivity index (χ3n) is 9.96. The van der Waals surface area contributed by atoms with Crippen LogP contribution in [0.2, 0.25) is 0 Å². The van der Waals surface area contributed by atoms with Crippen molar-refractivity contribution >= 4 is 11.9 Å². The molecule has 0 N–H and O–H groups in total. The summed E-state index contributed by atoms with van der Waals surface area (Å²) in [5.74, 6) is -0.349. The van der Waals surface area contributed by atoms with Crippen LogP contribution in [-0.2, 0) is 32.2 Å². The van der Waals surface area contributed by atoms with E-state index in [0.717, 1.165) is 45.3 Å². The van der Waals surface area contributed by atoms with Gasteiger partial charge in [0.15, 0.2) is 0 Å². The second-order valence-electron chi connectivity index (χ2n) is 14.8. The van der Waals surface area contributed by atoms with Gasteiger partial charge >= 0.3 is 11.9 Å². The molecule has 0 aromatic heterocycles. The first-order chi connectivity index (χ1) is 25.1. The number of esters is 2. The van der Waals surface area contributed by atoms with Crippen LogP contribution in [0.4, 0.5) is 0 Å². The van der Waals surface area contributed by atoms with Crippen molar-refractivity contribution in [3.8, 4) is 0 Å². The maximum atomic E-state index is 13.0. The largest absolute Gasteiger partial charge is 0.462 e. The van der Waals surface area contributed by atoms with Crippen molar-refractivity contribution in [3.63, 3.8) is 0 Å². The molecule has 0 fully saturated rings. The number of unbranched alkanes of at least 4 members (excludes halogenated alkanes) is 20. The van der Waals surface area contributed by atoms with E-state index in [9.17, 15) is 9.59 Å². The molecule has 288 valence electrons. The highest BCUT2D eigenvalue weighted by atomic mass is 16.6. The molecule has 51 heavy (non-hydrogen) atoms. The predicted molar refractivity (Wildman–Crippen MR) is 215 cm³/mol. The van der Waals surface area contributed by atoms with E-state index in [1.807, 2.05) is 12.1 Å². The Morgan fingerprint density at radius 2 is 0.882 bits per heavy atom. The van der Waals surface area contributed by atoms with Gasteiger partial charge in [-0.25, -0.2) is 0 Å². The van der Waals surface area contributed by atoms with Crippen molar-refractivity contribution in [2.45, 2.75) is 194 Å². The van der Waals surface area contributed by atoms with Gasteiger partial charge in [-0.3, -0.25) is 14.5 Å². The normalized spacial score (nSPS) is 11.9. The summed E-state index contributed by atoms with van der Waals surface area (Å²) in [6, 6.07) is 21.0. The van der Waals surface area contributed by atoms with Gasteiger partial charge in [-0.05, 0) is 24.0 Å². The molecule has 0 radical (unpaired) electrons. The van der Waals surface area contributed by atoms with Crippen LogP contribution >= 0.6 is 0 Å². The van der Waals surface area contributed by atoms with Gasteiger partial charge in [0, 0.05) is 38.9 Å². The zero-order valence-electron chi connectivity index (χ0n) is 32.9. The second-order valence-corrected chi connectivity index (χ2v) is 14.8. The average molecular weight is 706 g/mol. The second kappa shape index (κ2) is 32.0. The van der Waals surface area contributed by atoms with Crippen LogP contribution in [-0.4, -0.2) is 36.1 Å². The maximum Gasteiger partial charge on any atom is 0.306 e. The summed E-state index contributed by atoms with van der Waals surface area (Å²) in [7, 11) is 0. The van der Waals surface area contributed by atoms with E-state index in [2.05, 4.69) is 67.3 Å². The molecule has 5 heteroatoms. The fraction of sp³-hybridized carbons (Fsp3) is 0.696. The highest BCUT2D eigenvalue weighted by Crippen LogP contribution is 2.16. The number of carbonyl (C=O) groups excluding carboxylic acids is 2. The minimum atomic E-state index is -0.444. The number of benzene rings is 2. The maximum absolute atomic E-state index is 13.0. The van der Waals surface area contributed by atoms with Gasteiger partial charge in [-0.1, -0.05) is 203 Å². The standard InChI is InChI=1S/C46H75NO4/c1-3-5-7-9-11-13-15-17-19-21-29-35-45(48)50-41-44(51-46(49)36-30-22-20-18-16-14-12-10-8-6-4-2)37-38-47(39-42-31-25-23-26-32-42)40-43-33-27-24-28-34-43/h23-28,31-34,44H,3-22,29-30,35-41H2,1-2H3. The topological polar surface area (TPSA) is 55.8 Å². The number of nitrogens with zero attached hydrogens (tertiary/aromatic N) is 1. The van der Waals surface area contributed by atoms with Gasteiger partial charge in [-0.2, -0.15) is 0 Å². The van der Waals surface area contributed by atoms with Gasteiger partial charge in [0.25, 0.3) is 0 Å². The summed E-state index contributed by atoms with van der Waals surface area (Å²) in [5, 5.41) is 0. The molecule has 2 rings (SSSR count). The molecule has 1 unspecified atom stereocenters. The lowest BCUT2D eigenvalue weighted by Crippen LogP contribution is -2.31. The van der Waals surface area contributed by atoms with E-state index in [0.29, 0.717) is 19.3 Å². The summed E-state index contributed by atoms with van der Waals surface area (Å²) >= 11 is 0. The van der Waals surface area contributed by atoms with Crippen molar-refractivity contribution in [2.75, 3.05) is 13.2 Å². The van der Waals surface area contributed by atoms with Crippen molar-refractivity contribution in [3.05, 3.63) is 71.8 Å². The van der Waals surface area contributed by atoms with Gasteiger partial charge in [0.1, 0.15) is 12.7 Å². The van der Waals surface area contributed by atoms with Crippen LogP contribution in [0.25, 0.3) is 0 Å². The van der Waals surface area contributed by atoms with Crippen molar-refractivity contribution in [1.29, 1.82) is 0 Å². The van der Waals surface area contributed by atoms with Gasteiger partial charge < -0.3 is 9.47 Å². The molecule has 0 heterocycles. The molecule has 1 atom stereocenters. The lowest BCUT2D eigenvalue weighted by Gasteiger charge is -2.25. The van der Waals surface area contributed by atoms with Gasteiger partial charge in [-0.15, -0.1) is 0 Å². The molecular weight excluding hydrogens is 631 g/mol. The van der Waals surface area contributed by atoms with Crippen LogP contribution < -0.4 is 0 Å². The number of hydrogen-bond donors (Lipinski definition) is 0. The van der Waals surface area contributed by atoms with E-state index >= 15 is 0 Å². The van der Waals surface area contributed by atoms with Crippen molar-refractivity contribution < 1.29 is 19.1 Å². The number of rotatable bonds is 34. The Hall–Kier alpha value is -2.66. The summed E-state index contributed by atoms with van der Waals surface area (Å²) in [5.41, 5.74) is 2.49. The van der Waals surface area contributed by atoms with Crippen molar-refractivity contribution in [1.82, 2.24) is 4.90 Å². The minimum absolute atomic E-state index is 0.130. The summed E-state index contributed by atoms with van der Waals surface area (Å²) < 4.78 is 11.8. The van der Waals surface area contributed by atoms with E-state index in [4.69, 9.17) is 9.47 Å². The molecule has 0 bridgehead atoms. The Labute approximate surface area is 313 Å². The number of hydrogen-bond acceptors (Lipinski definition) is 5. The molecule has 2 aromatic carbocycles. The van der Waals surface area contributed by atoms with E-state index < -0.39 is 6.10 Å². The smallest absolute Gasteiger partial charge is 0.306 e. The average Bonchev–Trinajstić information content (AvgIpc) is 3.14. The van der Waals surface area contributed by atoms with Crippen molar-refractivity contribution in [2.24, 2.45) is 0 Å². The number of ether oxygens (including phenoxy) is 2. The van der Waals surface area contributed by atoms with Crippen LogP contribution in [0.1, 0.15) is 185 Å². The first-order valence-electron chi connectivity index (χ1n) is 21.3. The molecule has 0 spiro atoms. The van der Waals surface area contributed by atoms with E-state index in [1.165, 1.54) is 127 Å². The molecule has 0 aliphatic carbocycles. The fourth-order valence-corrected chi connectivity index (χ4v) is 6.77. The first-order valence-corrected chi connectivity index (χ1v) is 21.3. The fourth-order valence-electron chi connectivity index (χ4n) is 6.77. The molecule has 0 saturated heterocycles. The third-order valence-corrected chi connectivity index (χ3v) is 9.96. The zero-order chi connectivity index (χ0) is 36.5. The highest BCUT2D eigenvalue weighted by Gasteiger charge is 2.19. The van der Waals surface area contributed by atoms with Crippen LogP contribution in [0.15, 0.2) is 60.7 Å². The third kappa shape index (κ3) is 25.9. The Kier molecular flexibility index (Phi) is 27.9. The Balaban J connectivity index is 1.79. The molecule has 5 nitrogen and oxygen atoms in total. The number of carbonyl (C=O) groups is 2. The monoisotopic (exact) mass is 706 g/mol. The van der Waals surface area contributed by atoms with Gasteiger partial charge in [0.2, 0.25) is 0 Å². The van der Waals surface area contributed by atoms with E-state index in [1.54, 1.807) is 0 Å².